The number of esters is 1. The predicted molar refractivity (Wildman–Crippen MR) is 214 cm³/mol. The minimum absolute atomic E-state index is 0.358. The molecular formula is C42H34F12N4O2P2. The van der Waals surface area contributed by atoms with Gasteiger partial charge in [-0.15, -0.1) is 0 Å². The molecule has 0 aliphatic rings. The average molecular weight is 917 g/mol. The van der Waals surface area contributed by atoms with E-state index in [1.165, 1.54) is 7.11 Å². The summed E-state index contributed by atoms with van der Waals surface area (Å²) in [5.41, 5.74) is 11.1. The Morgan fingerprint density at radius 2 is 0.742 bits per heavy atom. The summed E-state index contributed by atoms with van der Waals surface area (Å²) < 4.78 is 128. The number of carbonyl (C=O) groups excluding carboxylic acids is 1. The van der Waals surface area contributed by atoms with Crippen molar-refractivity contribution >= 4 is 21.6 Å². The van der Waals surface area contributed by atoms with E-state index in [-0.39, 0.29) is 5.97 Å². The van der Waals surface area contributed by atoms with Gasteiger partial charge in [0.2, 0.25) is 0 Å². The number of methoxy groups -OCH3 is 1. The number of ether oxygens (including phenoxy) is 1. The van der Waals surface area contributed by atoms with Crippen molar-refractivity contribution in [3.05, 3.63) is 182 Å². The van der Waals surface area contributed by atoms with Crippen molar-refractivity contribution in [2.75, 3.05) is 7.11 Å². The van der Waals surface area contributed by atoms with Crippen molar-refractivity contribution in [1.29, 1.82) is 0 Å². The molecule has 0 unspecified atom stereocenters. The molecule has 3 aromatic carbocycles. The summed E-state index contributed by atoms with van der Waals surface area (Å²) in [6.07, 6.45) is 15.6. The third kappa shape index (κ3) is 17.0. The maximum absolute atomic E-state index is 13.2. The number of benzene rings is 3. The van der Waals surface area contributed by atoms with Gasteiger partial charge in [-0.1, -0.05) is 66.7 Å². The molecule has 0 spiro atoms. The van der Waals surface area contributed by atoms with Crippen LogP contribution in [0.15, 0.2) is 165 Å². The van der Waals surface area contributed by atoms with Crippen LogP contribution in [0, 0.1) is 0 Å². The van der Waals surface area contributed by atoms with Gasteiger partial charge < -0.3 is 4.74 Å². The molecule has 0 aliphatic carbocycles. The Balaban J connectivity index is 0.000000448. The van der Waals surface area contributed by atoms with Crippen molar-refractivity contribution < 1.29 is 69.0 Å². The zero-order valence-corrected chi connectivity index (χ0v) is 33.8. The summed E-state index contributed by atoms with van der Waals surface area (Å²) >= 11 is 0. The molecule has 328 valence electrons. The SMILES string of the molecule is COC(=O)c1c(-c2ccc(C[n+]3ccc(-c4ccncc4)cc3)cc2)cccc1-c1ccc(C[n+]2ccc(-c3ccncc3)cc2)cc1.F[P-](F)(F)(F)(F)F.F[P-](F)(F)(F)(F)F. The standard InChI is InChI=1S/C42H34N4O2.2F6P/c1-48-42(47)41-39(37-9-5-31(6-10-37)29-45-25-17-35(18-26-45)33-13-21-43-22-14-33)3-2-4-40(41)38-11-7-32(8-12-38)30-46-27-19-36(20-28-46)34-15-23-44-24-16-34;2*1-7(2,3,4,5)6/h2-28H,29-30H2,1H3;;/q+2;2*-1. The molecule has 0 radical (unpaired) electrons. The Morgan fingerprint density at radius 3 is 1.03 bits per heavy atom. The van der Waals surface area contributed by atoms with Crippen LogP contribution in [-0.2, 0) is 17.8 Å². The average Bonchev–Trinajstić information content (AvgIpc) is 3.20. The van der Waals surface area contributed by atoms with Gasteiger partial charge in [-0.05, 0) is 68.8 Å². The van der Waals surface area contributed by atoms with Gasteiger partial charge in [-0.25, -0.2) is 13.9 Å². The summed E-state index contributed by atoms with van der Waals surface area (Å²) in [6, 6.07) is 39.2. The van der Waals surface area contributed by atoms with E-state index in [0.717, 1.165) is 68.7 Å². The molecule has 0 atom stereocenters. The number of aromatic nitrogens is 4. The van der Waals surface area contributed by atoms with Crippen LogP contribution in [0.3, 0.4) is 0 Å². The second-order valence-corrected chi connectivity index (χ2v) is 17.4. The van der Waals surface area contributed by atoms with Crippen LogP contribution >= 0.6 is 15.6 Å². The molecule has 0 saturated carbocycles. The monoisotopic (exact) mass is 916 g/mol. The van der Waals surface area contributed by atoms with Gasteiger partial charge in [0.05, 0.1) is 12.7 Å². The molecule has 0 amide bonds. The van der Waals surface area contributed by atoms with E-state index in [1.807, 2.05) is 42.5 Å². The topological polar surface area (TPSA) is 59.8 Å². The van der Waals surface area contributed by atoms with Crippen LogP contribution in [0.4, 0.5) is 50.4 Å². The van der Waals surface area contributed by atoms with E-state index in [4.69, 9.17) is 4.74 Å². The normalized spacial score (nSPS) is 13.6. The fourth-order valence-corrected chi connectivity index (χ4v) is 5.96. The molecule has 20 heteroatoms. The minimum atomic E-state index is -10.7. The van der Waals surface area contributed by atoms with E-state index in [0.29, 0.717) is 5.56 Å². The van der Waals surface area contributed by atoms with Gasteiger partial charge in [0.1, 0.15) is 0 Å². The first-order chi connectivity index (χ1) is 28.5. The van der Waals surface area contributed by atoms with Gasteiger partial charge >= 0.3 is 71.9 Å². The van der Waals surface area contributed by atoms with Crippen molar-refractivity contribution in [2.24, 2.45) is 0 Å². The first-order valence-electron chi connectivity index (χ1n) is 17.9. The molecular weight excluding hydrogens is 882 g/mol. The number of pyridine rings is 4. The first-order valence-corrected chi connectivity index (χ1v) is 21.9. The van der Waals surface area contributed by atoms with Gasteiger partial charge in [0, 0.05) is 60.2 Å². The number of hydrogen-bond donors (Lipinski definition) is 0. The molecule has 0 N–H and O–H groups in total. The van der Waals surface area contributed by atoms with Crippen molar-refractivity contribution in [3.63, 3.8) is 0 Å². The van der Waals surface area contributed by atoms with Gasteiger partial charge in [-0.2, -0.15) is 0 Å². The van der Waals surface area contributed by atoms with Gasteiger partial charge in [0.15, 0.2) is 37.9 Å². The molecule has 0 bridgehead atoms. The van der Waals surface area contributed by atoms with E-state index < -0.39 is 15.6 Å². The van der Waals surface area contributed by atoms with Crippen LogP contribution in [0.5, 0.6) is 0 Å². The van der Waals surface area contributed by atoms with E-state index in [9.17, 15) is 55.2 Å². The Hall–Kier alpha value is -6.25. The van der Waals surface area contributed by atoms with Crippen molar-refractivity contribution in [3.8, 4) is 44.5 Å². The molecule has 6 nitrogen and oxygen atoms in total. The van der Waals surface area contributed by atoms with Crippen molar-refractivity contribution in [2.45, 2.75) is 13.1 Å². The Labute approximate surface area is 346 Å². The summed E-state index contributed by atoms with van der Waals surface area (Å²) in [4.78, 5) is 21.5. The van der Waals surface area contributed by atoms with Crippen LogP contribution < -0.4 is 9.13 Å². The molecule has 0 aliphatic heterocycles. The maximum atomic E-state index is 13.2. The van der Waals surface area contributed by atoms with Crippen LogP contribution in [-0.4, -0.2) is 23.0 Å². The summed E-state index contributed by atoms with van der Waals surface area (Å²) in [5.74, 6) is -0.358. The summed E-state index contributed by atoms with van der Waals surface area (Å²) in [5, 5.41) is 0. The second kappa shape index (κ2) is 16.6. The van der Waals surface area contributed by atoms with Crippen molar-refractivity contribution in [1.82, 2.24) is 9.97 Å². The Kier molecular flexibility index (Phi) is 12.5. The van der Waals surface area contributed by atoms with Crippen LogP contribution in [0.25, 0.3) is 44.5 Å². The fraction of sp³-hybridized carbons (Fsp3) is 0.0714. The zero-order chi connectivity index (χ0) is 45.5. The molecule has 4 aromatic heterocycles. The molecule has 4 heterocycles. The van der Waals surface area contributed by atoms with E-state index in [1.54, 1.807) is 24.8 Å². The number of halogens is 12. The third-order valence-electron chi connectivity index (χ3n) is 8.52. The van der Waals surface area contributed by atoms with Gasteiger partial charge in [0.25, 0.3) is 0 Å². The summed E-state index contributed by atoms with van der Waals surface area (Å²) in [7, 11) is -19.9. The number of nitrogens with zero attached hydrogens (tertiary/aromatic N) is 4. The Bertz CT molecular complexity index is 2430. The van der Waals surface area contributed by atoms with Gasteiger partial charge in [-0.3, -0.25) is 9.97 Å². The van der Waals surface area contributed by atoms with E-state index >= 15 is 0 Å². The number of rotatable bonds is 9. The molecule has 0 saturated heterocycles. The zero-order valence-electron chi connectivity index (χ0n) is 32.0. The fourth-order valence-electron chi connectivity index (χ4n) is 5.96. The summed E-state index contributed by atoms with van der Waals surface area (Å²) in [6.45, 7) is 1.47. The molecule has 0 fully saturated rings. The second-order valence-electron chi connectivity index (χ2n) is 13.5. The van der Waals surface area contributed by atoms with E-state index in [2.05, 4.69) is 117 Å². The molecule has 7 aromatic rings. The molecule has 7 rings (SSSR count). The number of hydrogen-bond acceptors (Lipinski definition) is 4. The predicted octanol–water partition coefficient (Wildman–Crippen LogP) is 14.4. The van der Waals surface area contributed by atoms with Crippen LogP contribution in [0.1, 0.15) is 21.5 Å². The first kappa shape index (κ1) is 46.8. The molecule has 62 heavy (non-hydrogen) atoms. The third-order valence-corrected chi connectivity index (χ3v) is 8.52. The Morgan fingerprint density at radius 1 is 0.452 bits per heavy atom. The quantitative estimate of drug-likeness (QED) is 0.0626. The van der Waals surface area contributed by atoms with Crippen LogP contribution in [0.2, 0.25) is 0 Å². The number of carbonyl (C=O) groups is 1.